The lowest BCUT2D eigenvalue weighted by Crippen LogP contribution is -2.14. The van der Waals surface area contributed by atoms with Gasteiger partial charge in [-0.15, -0.1) is 17.8 Å². The zero-order valence-corrected chi connectivity index (χ0v) is 66.0. The van der Waals surface area contributed by atoms with Gasteiger partial charge in [-0.1, -0.05) is 53.4 Å². The van der Waals surface area contributed by atoms with Crippen molar-refractivity contribution in [3.8, 4) is 69.8 Å². The number of hydrogen-bond acceptors (Lipinski definition) is 22. The number of benzene rings is 7. The molecule has 0 bridgehead atoms. The Balaban J connectivity index is 0.000000151. The molecule has 0 unspecified atom stereocenters. The number of aryl methyl sites for hydroxylation is 3. The van der Waals surface area contributed by atoms with Gasteiger partial charge in [-0.2, -0.15) is 22.0 Å². The number of ether oxygens (including phenoxy) is 5. The summed E-state index contributed by atoms with van der Waals surface area (Å²) in [7, 11) is 0. The Labute approximate surface area is 708 Å². The number of pyridine rings is 4. The molecule has 0 fully saturated rings. The van der Waals surface area contributed by atoms with Crippen molar-refractivity contribution >= 4 is 80.9 Å². The highest BCUT2D eigenvalue weighted by Crippen LogP contribution is 2.37. The molecule has 15 aromatic rings. The second-order valence-corrected chi connectivity index (χ2v) is 26.5. The van der Waals surface area contributed by atoms with Crippen molar-refractivity contribution in [3.63, 3.8) is 0 Å². The summed E-state index contributed by atoms with van der Waals surface area (Å²) in [5, 5.41) is 14.8. The van der Waals surface area contributed by atoms with E-state index in [9.17, 15) is 59.1 Å². The second-order valence-electron chi connectivity index (χ2n) is 25.3. The molecule has 0 aliphatic heterocycles. The molecule has 5 amide bonds. The first-order chi connectivity index (χ1) is 59.7. The Bertz CT molecular complexity index is 6290. The summed E-state index contributed by atoms with van der Waals surface area (Å²) in [6, 6.07) is 46.7. The van der Waals surface area contributed by atoms with Gasteiger partial charge in [0.15, 0.2) is 40.4 Å². The van der Waals surface area contributed by atoms with E-state index in [1.165, 1.54) is 96.6 Å². The Morgan fingerprint density at radius 3 is 1.47 bits per heavy atom. The van der Waals surface area contributed by atoms with Crippen molar-refractivity contribution < 1.29 is 82.8 Å². The molecule has 36 heteroatoms. The molecule has 0 aliphatic rings. The zero-order chi connectivity index (χ0) is 88.1. The van der Waals surface area contributed by atoms with Gasteiger partial charge < -0.3 is 50.3 Å². The minimum atomic E-state index is -4.61. The van der Waals surface area contributed by atoms with E-state index in [0.717, 1.165) is 71.7 Å². The zero-order valence-electron chi connectivity index (χ0n) is 64.4. The number of carbonyl (C=O) groups excluding carboxylic acids is 5. The molecule has 0 radical (unpaired) electrons. The monoisotopic (exact) mass is 1720 g/mol. The number of aromatic nitrogens is 11. The maximum Gasteiger partial charge on any atom is 0.416 e. The summed E-state index contributed by atoms with van der Waals surface area (Å²) in [6.07, 6.45) is 18.5. The van der Waals surface area contributed by atoms with Crippen LogP contribution in [0, 0.1) is 62.2 Å². The number of terminal acetylenes is 1. The summed E-state index contributed by atoms with van der Waals surface area (Å²) >= 11 is 7.38. The minimum absolute atomic E-state index is 0.0359. The van der Waals surface area contributed by atoms with E-state index >= 15 is 0 Å². The molecule has 0 saturated heterocycles. The number of amides is 5. The molecule has 15 rings (SSSR count). The lowest BCUT2D eigenvalue weighted by atomic mass is 10.1. The lowest BCUT2D eigenvalue weighted by Gasteiger charge is -2.14. The van der Waals surface area contributed by atoms with Gasteiger partial charge >= 0.3 is 6.18 Å². The van der Waals surface area contributed by atoms with Gasteiger partial charge in [0.25, 0.3) is 29.5 Å². The van der Waals surface area contributed by atoms with Crippen LogP contribution in [-0.2, 0) is 6.18 Å². The van der Waals surface area contributed by atoms with Gasteiger partial charge in [0.2, 0.25) is 11.6 Å². The van der Waals surface area contributed by atoms with E-state index < -0.39 is 70.0 Å². The standard InChI is InChI=1S/C21H13F3N2O2.C19H16ClN3O2.C18H15N3O2.C16H9F3N4O2.C14H8F2N4O2S/c1-2-14-5-3-6-15(9-14)20(27)26-17-10-16(21(22,23)24)11-19(12-17)28-18-7-4-8-25-13-18;1-12-6-7-16(11-21-12)25-17-9-14(20)8-15(10-17)23-19(24)18-5-3-4-13(2)22-18;1-13-4-2-5-14(8-13)18(22)21-15-6-3-7-16(9-15)23-17-10-19-12-20-11-17;17-9-1-2-22-13(3-9)16(24)23-10-4-12(18)15(19)14(5-10)25-11-6-20-8-21-7-11;15-10-1-8(20-14(21)11-5-23-7-19-11)2-12(13(10)16)22-9-3-17-6-18-4-9/h1,3-13H,(H,26,27);3-11H,1-2H3,(H,23,24);2-12H,1H3,(H,21,22);1-8H,(H,23,24);1-7H,(H,20,21). The van der Waals surface area contributed by atoms with Gasteiger partial charge in [-0.05, 0) is 130 Å². The summed E-state index contributed by atoms with van der Waals surface area (Å²) in [5.41, 5.74) is 5.93. The third-order valence-electron chi connectivity index (χ3n) is 15.8. The van der Waals surface area contributed by atoms with E-state index in [1.807, 2.05) is 69.3 Å². The summed E-state index contributed by atoms with van der Waals surface area (Å²) in [4.78, 5) is 103. The number of halogens is 9. The highest BCUT2D eigenvalue weighted by atomic mass is 35.5. The third-order valence-corrected chi connectivity index (χ3v) is 16.6. The first kappa shape index (κ1) is 88.5. The molecule has 8 aromatic heterocycles. The highest BCUT2D eigenvalue weighted by molar-refractivity contribution is 7.07. The van der Waals surface area contributed by atoms with Crippen molar-refractivity contribution in [3.05, 3.63) is 370 Å². The Kier molecular flexibility index (Phi) is 30.6. The highest BCUT2D eigenvalue weighted by Gasteiger charge is 2.32. The number of alkyl halides is 3. The molecule has 0 saturated carbocycles. The van der Waals surface area contributed by atoms with E-state index in [1.54, 1.807) is 91.4 Å². The van der Waals surface area contributed by atoms with Crippen LogP contribution in [0.1, 0.15) is 80.3 Å². The van der Waals surface area contributed by atoms with Crippen LogP contribution in [0.25, 0.3) is 0 Å². The molecule has 7 aromatic carbocycles. The summed E-state index contributed by atoms with van der Waals surface area (Å²) < 4.78 is 135. The topological polar surface area (TPSA) is 333 Å². The number of hydrogen-bond donors (Lipinski definition) is 5. The maximum atomic E-state index is 13.9. The number of nitrogens with zero attached hydrogens (tertiary/aromatic N) is 11. The maximum absolute atomic E-state index is 13.9. The molecule has 0 atom stereocenters. The average Bonchev–Trinajstić information content (AvgIpc) is 1.10. The number of nitrogens with one attached hydrogen (secondary N) is 5. The van der Waals surface area contributed by atoms with Crippen LogP contribution in [0.4, 0.5) is 63.6 Å². The average molecular weight is 1720 g/mol. The molecule has 26 nitrogen and oxygen atoms in total. The summed E-state index contributed by atoms with van der Waals surface area (Å²) in [5.74, 6) is -3.72. The van der Waals surface area contributed by atoms with E-state index in [-0.39, 0.29) is 68.8 Å². The number of anilines is 5. The smallest absolute Gasteiger partial charge is 0.416 e. The number of carbonyl (C=O) groups is 5. The van der Waals surface area contributed by atoms with Crippen LogP contribution < -0.4 is 50.3 Å². The van der Waals surface area contributed by atoms with Gasteiger partial charge in [-0.3, -0.25) is 38.9 Å². The lowest BCUT2D eigenvalue weighted by molar-refractivity contribution is -0.137. The van der Waals surface area contributed by atoms with Crippen molar-refractivity contribution in [2.24, 2.45) is 0 Å². The van der Waals surface area contributed by atoms with Crippen molar-refractivity contribution in [1.82, 2.24) is 54.8 Å². The van der Waals surface area contributed by atoms with Crippen LogP contribution in [0.2, 0.25) is 5.02 Å². The molecule has 124 heavy (non-hydrogen) atoms. The molecule has 622 valence electrons. The van der Waals surface area contributed by atoms with Gasteiger partial charge in [0.05, 0.1) is 60.6 Å². The van der Waals surface area contributed by atoms with Gasteiger partial charge in [0.1, 0.15) is 70.6 Å². The summed E-state index contributed by atoms with van der Waals surface area (Å²) in [6.45, 7) is 5.68. The number of thiazole rings is 1. The number of rotatable bonds is 20. The van der Waals surface area contributed by atoms with Crippen LogP contribution in [0.5, 0.6) is 57.5 Å². The molecule has 5 N–H and O–H groups in total. The van der Waals surface area contributed by atoms with Gasteiger partial charge in [-0.25, -0.2) is 53.0 Å². The van der Waals surface area contributed by atoms with E-state index in [2.05, 4.69) is 87.3 Å². The van der Waals surface area contributed by atoms with Crippen LogP contribution in [-0.4, -0.2) is 84.4 Å². The van der Waals surface area contributed by atoms with E-state index in [0.29, 0.717) is 56.2 Å². The first-order valence-electron chi connectivity index (χ1n) is 35.9. The first-order valence-corrected chi connectivity index (χ1v) is 37.2. The molecule has 0 aliphatic carbocycles. The third kappa shape index (κ3) is 27.1. The SMILES string of the molecule is C#Cc1cccc(C(=O)Nc2cc(Oc3cccnc3)cc(C(F)(F)F)c2)c1.Cc1ccc(Oc2cc(Cl)cc(NC(=O)c3cccc(C)n3)c2)cn1.Cc1cccc(C(=O)Nc2cccc(Oc3cncnc3)c2)c1.O=C(Nc1cc(F)c(F)c(Oc2cncnc2)c1)c1cc(F)ccn1.O=C(Nc1cc(F)c(F)c(Oc2cncnc2)c1)c1cscn1. The fraction of sp³-hybridized carbons (Fsp3) is 0.0455. The fourth-order valence-electron chi connectivity index (χ4n) is 10.3. The quantitative estimate of drug-likeness (QED) is 0.0349. The largest absolute Gasteiger partial charge is 0.456 e. The Morgan fingerprint density at radius 2 is 0.911 bits per heavy atom. The van der Waals surface area contributed by atoms with E-state index in [4.69, 9.17) is 41.7 Å². The predicted molar refractivity (Wildman–Crippen MR) is 442 cm³/mol. The van der Waals surface area contributed by atoms with Gasteiger partial charge in [0, 0.05) is 128 Å². The van der Waals surface area contributed by atoms with Crippen LogP contribution in [0.15, 0.2) is 280 Å². The van der Waals surface area contributed by atoms with Crippen LogP contribution >= 0.6 is 22.9 Å². The Morgan fingerprint density at radius 1 is 0.403 bits per heavy atom. The van der Waals surface area contributed by atoms with Crippen molar-refractivity contribution in [2.75, 3.05) is 26.6 Å². The van der Waals surface area contributed by atoms with Crippen molar-refractivity contribution in [1.29, 1.82) is 0 Å². The minimum Gasteiger partial charge on any atom is -0.456 e. The predicted octanol–water partition coefficient (Wildman–Crippen LogP) is 20.3. The van der Waals surface area contributed by atoms with Crippen molar-refractivity contribution in [2.45, 2.75) is 26.9 Å². The molecular weight excluding hydrogens is 1660 g/mol. The molecule has 0 spiro atoms. The second kappa shape index (κ2) is 42.9. The van der Waals surface area contributed by atoms with Crippen LogP contribution in [0.3, 0.4) is 0 Å². The Hall–Kier alpha value is -16.4. The fourth-order valence-corrected chi connectivity index (χ4v) is 11.1. The normalized spacial score (nSPS) is 10.4. The molecule has 8 heterocycles. The molecular formula is C88H61ClF8N16O10S.